The Kier molecular flexibility index (Phi) is 3.25. The Bertz CT molecular complexity index is 290. The van der Waals surface area contributed by atoms with Crippen molar-refractivity contribution in [2.24, 2.45) is 5.41 Å². The highest BCUT2D eigenvalue weighted by molar-refractivity contribution is 5.02. The molecule has 0 atom stereocenters. The number of likely N-dealkylation sites (tertiary alicyclic amines) is 2. The Morgan fingerprint density at radius 1 is 1.24 bits per heavy atom. The number of nitrogens with zero attached hydrogens (tertiary/aromatic N) is 2. The van der Waals surface area contributed by atoms with Crippen molar-refractivity contribution in [2.75, 3.05) is 32.7 Å². The molecule has 17 heavy (non-hydrogen) atoms. The van der Waals surface area contributed by atoms with Gasteiger partial charge >= 0.3 is 0 Å². The zero-order valence-electron chi connectivity index (χ0n) is 11.5. The van der Waals surface area contributed by atoms with Gasteiger partial charge in [0.05, 0.1) is 12.3 Å². The van der Waals surface area contributed by atoms with Crippen LogP contribution in [0.5, 0.6) is 0 Å². The topological polar surface area (TPSA) is 26.7 Å². The highest BCUT2D eigenvalue weighted by Crippen LogP contribution is 2.41. The predicted molar refractivity (Wildman–Crippen MR) is 71.2 cm³/mol. The van der Waals surface area contributed by atoms with Gasteiger partial charge in [-0.2, -0.15) is 0 Å². The van der Waals surface area contributed by atoms with Crippen LogP contribution in [0.2, 0.25) is 0 Å². The smallest absolute Gasteiger partial charge is 0.0991 e. The van der Waals surface area contributed by atoms with Crippen LogP contribution >= 0.6 is 0 Å². The first-order valence-corrected chi connectivity index (χ1v) is 6.65. The summed E-state index contributed by atoms with van der Waals surface area (Å²) >= 11 is 0. The quantitative estimate of drug-likeness (QED) is 0.748. The Hall–Kier alpha value is -0.540. The maximum atomic E-state index is 9.18. The zero-order chi connectivity index (χ0) is 12.7. The van der Waals surface area contributed by atoms with E-state index >= 15 is 0 Å². The van der Waals surface area contributed by atoms with Gasteiger partial charge < -0.3 is 5.11 Å². The first-order valence-electron chi connectivity index (χ1n) is 6.65. The van der Waals surface area contributed by atoms with Crippen LogP contribution in [0, 0.1) is 5.41 Å². The summed E-state index contributed by atoms with van der Waals surface area (Å²) in [5, 5.41) is 9.18. The Morgan fingerprint density at radius 3 is 2.18 bits per heavy atom. The van der Waals surface area contributed by atoms with E-state index in [0.717, 1.165) is 13.1 Å². The van der Waals surface area contributed by atoms with E-state index in [4.69, 9.17) is 0 Å². The van der Waals surface area contributed by atoms with Gasteiger partial charge in [0.15, 0.2) is 0 Å². The van der Waals surface area contributed by atoms with Crippen LogP contribution in [0.3, 0.4) is 0 Å². The lowest BCUT2D eigenvalue weighted by molar-refractivity contribution is -0.0604. The van der Waals surface area contributed by atoms with Gasteiger partial charge in [0.25, 0.3) is 0 Å². The number of aliphatic hydroxyl groups excluding tert-OH is 1. The van der Waals surface area contributed by atoms with Gasteiger partial charge in [-0.1, -0.05) is 6.58 Å². The highest BCUT2D eigenvalue weighted by Gasteiger charge is 2.45. The molecule has 0 aliphatic carbocycles. The maximum Gasteiger partial charge on any atom is 0.0991 e. The molecular formula is C14H26N2O. The maximum absolute atomic E-state index is 9.18. The van der Waals surface area contributed by atoms with E-state index in [2.05, 4.69) is 37.1 Å². The number of piperidine rings is 1. The van der Waals surface area contributed by atoms with Gasteiger partial charge in [-0.25, -0.2) is 0 Å². The second-order valence-electron chi connectivity index (χ2n) is 6.87. The Morgan fingerprint density at radius 2 is 1.76 bits per heavy atom. The summed E-state index contributed by atoms with van der Waals surface area (Å²) in [7, 11) is 0. The van der Waals surface area contributed by atoms with Crippen LogP contribution in [0.4, 0.5) is 0 Å². The third kappa shape index (κ3) is 2.83. The summed E-state index contributed by atoms with van der Waals surface area (Å²) in [4.78, 5) is 4.89. The van der Waals surface area contributed by atoms with E-state index in [1.807, 2.05) is 0 Å². The lowest BCUT2D eigenvalue weighted by atomic mass is 9.71. The minimum absolute atomic E-state index is 0.298. The van der Waals surface area contributed by atoms with Gasteiger partial charge in [-0.05, 0) is 52.1 Å². The fraction of sp³-hybridized carbons (Fsp3) is 0.857. The van der Waals surface area contributed by atoms with Gasteiger partial charge in [0.1, 0.15) is 0 Å². The van der Waals surface area contributed by atoms with E-state index in [1.54, 1.807) is 0 Å². The van der Waals surface area contributed by atoms with Gasteiger partial charge in [0.2, 0.25) is 0 Å². The van der Waals surface area contributed by atoms with E-state index in [9.17, 15) is 5.11 Å². The molecule has 0 saturated carbocycles. The average Bonchev–Trinajstić information content (AvgIpc) is 2.13. The first kappa shape index (κ1) is 12.9. The summed E-state index contributed by atoms with van der Waals surface area (Å²) in [6.45, 7) is 15.8. The van der Waals surface area contributed by atoms with Crippen LogP contribution < -0.4 is 0 Å². The monoisotopic (exact) mass is 238 g/mol. The molecule has 2 heterocycles. The van der Waals surface area contributed by atoms with Gasteiger partial charge in [-0.3, -0.25) is 9.80 Å². The van der Waals surface area contributed by atoms with Gasteiger partial charge in [0, 0.05) is 18.6 Å². The molecule has 0 amide bonds. The molecule has 2 rings (SSSR count). The molecule has 0 aromatic rings. The standard InChI is InChI=1S/C14H26N2O/c1-12(17)9-15-10-14(11-15)5-7-16(8-6-14)13(2,3)4/h17H,1,5-11H2,2-4H3. The van der Waals surface area contributed by atoms with Crippen LogP contribution in [0.1, 0.15) is 33.6 Å². The van der Waals surface area contributed by atoms with Crippen LogP contribution in [-0.4, -0.2) is 53.2 Å². The van der Waals surface area contributed by atoms with Crippen molar-refractivity contribution in [1.29, 1.82) is 0 Å². The summed E-state index contributed by atoms with van der Waals surface area (Å²) in [5.74, 6) is 0.298. The molecule has 0 aromatic heterocycles. The fourth-order valence-corrected chi connectivity index (χ4v) is 3.24. The molecule has 98 valence electrons. The summed E-state index contributed by atoms with van der Waals surface area (Å²) < 4.78 is 0. The van der Waals surface area contributed by atoms with E-state index < -0.39 is 0 Å². The number of hydrogen-bond donors (Lipinski definition) is 1. The molecule has 2 saturated heterocycles. The number of rotatable bonds is 2. The molecule has 3 nitrogen and oxygen atoms in total. The molecular weight excluding hydrogens is 212 g/mol. The van der Waals surface area contributed by atoms with E-state index in [0.29, 0.717) is 23.3 Å². The summed E-state index contributed by atoms with van der Waals surface area (Å²) in [5.41, 5.74) is 0.849. The van der Waals surface area contributed by atoms with Crippen molar-refractivity contribution in [1.82, 2.24) is 9.80 Å². The molecule has 3 heteroatoms. The molecule has 2 aliphatic heterocycles. The minimum Gasteiger partial charge on any atom is -0.512 e. The van der Waals surface area contributed by atoms with Crippen molar-refractivity contribution in [2.45, 2.75) is 39.2 Å². The van der Waals surface area contributed by atoms with E-state index in [-0.39, 0.29) is 0 Å². The number of aliphatic hydroxyl groups is 1. The number of hydrogen-bond acceptors (Lipinski definition) is 3. The fourth-order valence-electron chi connectivity index (χ4n) is 3.24. The van der Waals surface area contributed by atoms with Gasteiger partial charge in [-0.15, -0.1) is 0 Å². The lowest BCUT2D eigenvalue weighted by Crippen LogP contribution is -2.62. The van der Waals surface area contributed by atoms with Crippen molar-refractivity contribution in [3.05, 3.63) is 12.3 Å². The van der Waals surface area contributed by atoms with Crippen molar-refractivity contribution >= 4 is 0 Å². The third-order valence-electron chi connectivity index (χ3n) is 4.30. The first-order chi connectivity index (χ1) is 7.81. The normalized spacial score (nSPS) is 25.8. The molecule has 2 fully saturated rings. The largest absolute Gasteiger partial charge is 0.512 e. The Labute approximate surface area is 105 Å². The lowest BCUT2D eigenvalue weighted by Gasteiger charge is -2.55. The molecule has 1 spiro atoms. The summed E-state index contributed by atoms with van der Waals surface area (Å²) in [6.07, 6.45) is 2.61. The Balaban J connectivity index is 1.79. The van der Waals surface area contributed by atoms with E-state index in [1.165, 1.54) is 25.9 Å². The van der Waals surface area contributed by atoms with Crippen molar-refractivity contribution in [3.63, 3.8) is 0 Å². The second kappa shape index (κ2) is 4.29. The average molecular weight is 238 g/mol. The summed E-state index contributed by atoms with van der Waals surface area (Å²) in [6, 6.07) is 0. The highest BCUT2D eigenvalue weighted by atomic mass is 16.3. The molecule has 0 aromatic carbocycles. The predicted octanol–water partition coefficient (Wildman–Crippen LogP) is 2.25. The SMILES string of the molecule is C=C(O)CN1CC2(CCN(C(C)(C)C)CC2)C1. The van der Waals surface area contributed by atoms with Crippen LogP contribution in [0.15, 0.2) is 12.3 Å². The zero-order valence-corrected chi connectivity index (χ0v) is 11.5. The molecule has 1 N–H and O–H groups in total. The van der Waals surface area contributed by atoms with Crippen LogP contribution in [-0.2, 0) is 0 Å². The second-order valence-corrected chi connectivity index (χ2v) is 6.87. The molecule has 2 aliphatic rings. The van der Waals surface area contributed by atoms with Crippen molar-refractivity contribution < 1.29 is 5.11 Å². The minimum atomic E-state index is 0.298. The molecule has 0 radical (unpaired) electrons. The molecule has 0 bridgehead atoms. The van der Waals surface area contributed by atoms with Crippen LogP contribution in [0.25, 0.3) is 0 Å². The molecule has 0 unspecified atom stereocenters. The van der Waals surface area contributed by atoms with Crippen molar-refractivity contribution in [3.8, 4) is 0 Å². The third-order valence-corrected chi connectivity index (χ3v) is 4.30.